The topological polar surface area (TPSA) is 46.2 Å². The summed E-state index contributed by atoms with van der Waals surface area (Å²) in [6.45, 7) is 24.9. The second-order valence-corrected chi connectivity index (χ2v) is 30.0. The summed E-state index contributed by atoms with van der Waals surface area (Å²) in [5.41, 5.74) is 0. The number of hydrogen-bond donors (Lipinski definition) is 0. The monoisotopic (exact) mass is 456 g/mol. The predicted molar refractivity (Wildman–Crippen MR) is 124 cm³/mol. The summed E-state index contributed by atoms with van der Waals surface area (Å²) in [5, 5.41) is 0. The second kappa shape index (κ2) is 10.1. The molecule has 0 saturated heterocycles. The van der Waals surface area contributed by atoms with Crippen molar-refractivity contribution in [2.45, 2.75) is 90.9 Å². The van der Waals surface area contributed by atoms with Crippen LogP contribution < -0.4 is 0 Å². The number of hydrogen-bond acceptors (Lipinski definition) is 5. The molecule has 0 aliphatic rings. The smallest absolute Gasteiger partial charge is 0.317 e. The highest BCUT2D eigenvalue weighted by molar-refractivity contribution is 6.90. The zero-order valence-corrected chi connectivity index (χ0v) is 24.4. The van der Waals surface area contributed by atoms with Crippen LogP contribution >= 0.6 is 0 Å². The molecule has 2 unspecified atom stereocenters. The highest BCUT2D eigenvalue weighted by atomic mass is 28.5. The SMILES string of the molecule is CC[Si](C)(O[Si](C)(C)C)O[Si](C)(CCCOC)O[Si](C)(C)O[Si](C)(C)C. The summed E-state index contributed by atoms with van der Waals surface area (Å²) < 4.78 is 31.8. The van der Waals surface area contributed by atoms with E-state index in [1.54, 1.807) is 7.11 Å². The summed E-state index contributed by atoms with van der Waals surface area (Å²) in [6.07, 6.45) is 0.942. The molecule has 0 aromatic rings. The van der Waals surface area contributed by atoms with Crippen molar-refractivity contribution < 1.29 is 21.2 Å². The van der Waals surface area contributed by atoms with Gasteiger partial charge < -0.3 is 21.2 Å². The fourth-order valence-electron chi connectivity index (χ4n) is 3.21. The zero-order chi connectivity index (χ0) is 20.9. The summed E-state index contributed by atoms with van der Waals surface area (Å²) >= 11 is 0. The first-order valence-corrected chi connectivity index (χ1v) is 24.4. The highest BCUT2D eigenvalue weighted by Gasteiger charge is 2.48. The summed E-state index contributed by atoms with van der Waals surface area (Å²) in [4.78, 5) is 0. The number of rotatable bonds is 13. The molecule has 0 N–H and O–H groups in total. The average Bonchev–Trinajstić information content (AvgIpc) is 2.32. The Morgan fingerprint density at radius 2 is 1.12 bits per heavy atom. The summed E-state index contributed by atoms with van der Waals surface area (Å²) in [5.74, 6) is 0. The highest BCUT2D eigenvalue weighted by Crippen LogP contribution is 2.30. The standard InChI is InChI=1S/C16H44O5Si5/c1-13-25(11,19-23(6,7)8)21-26(12,16-14-15-17-2)20-24(9,10)18-22(3,4)5/h13-16H2,1-12H3. The predicted octanol–water partition coefficient (Wildman–Crippen LogP) is 5.62. The van der Waals surface area contributed by atoms with Gasteiger partial charge in [0.05, 0.1) is 0 Å². The molecule has 26 heavy (non-hydrogen) atoms. The van der Waals surface area contributed by atoms with Gasteiger partial charge in [-0.15, -0.1) is 0 Å². The molecule has 0 aromatic heterocycles. The van der Waals surface area contributed by atoms with E-state index >= 15 is 0 Å². The number of ether oxygens (including phenoxy) is 1. The Labute approximate surface area is 168 Å². The molecule has 5 nitrogen and oxygen atoms in total. The molecule has 0 heterocycles. The second-order valence-electron chi connectivity index (χ2n) is 9.75. The van der Waals surface area contributed by atoms with Crippen LogP contribution in [0.3, 0.4) is 0 Å². The Morgan fingerprint density at radius 1 is 0.615 bits per heavy atom. The molecule has 0 aliphatic carbocycles. The normalized spacial score (nSPS) is 18.5. The van der Waals surface area contributed by atoms with Crippen molar-refractivity contribution in [3.8, 4) is 0 Å². The zero-order valence-electron chi connectivity index (χ0n) is 19.4. The molecule has 0 rings (SSSR count). The largest absolute Gasteiger partial charge is 0.437 e. The van der Waals surface area contributed by atoms with Crippen LogP contribution in [0.25, 0.3) is 0 Å². The molecule has 0 radical (unpaired) electrons. The molecule has 0 bridgehead atoms. The molecule has 0 saturated carbocycles. The first-order chi connectivity index (χ1) is 11.4. The maximum atomic E-state index is 6.83. The molecular weight excluding hydrogens is 413 g/mol. The van der Waals surface area contributed by atoms with E-state index in [0.717, 1.165) is 25.1 Å². The Hall–Kier alpha value is 0.884. The maximum Gasteiger partial charge on any atom is 0.317 e. The van der Waals surface area contributed by atoms with E-state index in [1.807, 2.05) is 0 Å². The van der Waals surface area contributed by atoms with Gasteiger partial charge in [-0.1, -0.05) is 6.92 Å². The van der Waals surface area contributed by atoms with Crippen molar-refractivity contribution in [1.29, 1.82) is 0 Å². The van der Waals surface area contributed by atoms with E-state index in [2.05, 4.69) is 72.4 Å². The molecule has 0 spiro atoms. The van der Waals surface area contributed by atoms with Crippen LogP contribution in [0.5, 0.6) is 0 Å². The minimum Gasteiger partial charge on any atom is -0.437 e. The molecule has 158 valence electrons. The molecule has 0 aliphatic heterocycles. The Bertz CT molecular complexity index is 424. The fourth-order valence-corrected chi connectivity index (χ4v) is 26.5. The van der Waals surface area contributed by atoms with Gasteiger partial charge in [0.2, 0.25) is 0 Å². The van der Waals surface area contributed by atoms with Gasteiger partial charge in [-0.25, -0.2) is 0 Å². The molecule has 10 heteroatoms. The van der Waals surface area contributed by atoms with Gasteiger partial charge in [0.25, 0.3) is 0 Å². The fraction of sp³-hybridized carbons (Fsp3) is 1.00. The number of methoxy groups -OCH3 is 1. The third kappa shape index (κ3) is 12.4. The first-order valence-electron chi connectivity index (χ1n) is 9.74. The average molecular weight is 457 g/mol. The Balaban J connectivity index is 5.46. The van der Waals surface area contributed by atoms with Crippen molar-refractivity contribution in [3.05, 3.63) is 0 Å². The van der Waals surface area contributed by atoms with Gasteiger partial charge >= 0.3 is 25.7 Å². The van der Waals surface area contributed by atoms with Crippen LogP contribution in [-0.4, -0.2) is 56.0 Å². The molecule has 0 amide bonds. The summed E-state index contributed by atoms with van der Waals surface area (Å²) in [7, 11) is -8.60. The van der Waals surface area contributed by atoms with E-state index < -0.39 is 42.3 Å². The third-order valence-electron chi connectivity index (χ3n) is 3.59. The Morgan fingerprint density at radius 3 is 1.50 bits per heavy atom. The minimum absolute atomic E-state index is 0.728. The van der Waals surface area contributed by atoms with Crippen LogP contribution in [0, 0.1) is 0 Å². The van der Waals surface area contributed by atoms with E-state index in [9.17, 15) is 0 Å². The third-order valence-corrected chi connectivity index (χ3v) is 21.9. The Kier molecular flexibility index (Phi) is 10.4. The maximum absolute atomic E-state index is 6.83. The molecule has 0 fully saturated rings. The van der Waals surface area contributed by atoms with Gasteiger partial charge in [0.1, 0.15) is 0 Å². The lowest BCUT2D eigenvalue weighted by atomic mass is 10.5. The van der Waals surface area contributed by atoms with E-state index in [4.69, 9.17) is 21.2 Å². The lowest BCUT2D eigenvalue weighted by Gasteiger charge is -2.44. The lowest BCUT2D eigenvalue weighted by Crippen LogP contribution is -2.60. The van der Waals surface area contributed by atoms with Crippen molar-refractivity contribution in [2.75, 3.05) is 13.7 Å². The van der Waals surface area contributed by atoms with Crippen LogP contribution in [-0.2, 0) is 21.2 Å². The van der Waals surface area contributed by atoms with Crippen LogP contribution in [0.4, 0.5) is 0 Å². The van der Waals surface area contributed by atoms with Crippen molar-refractivity contribution in [1.82, 2.24) is 0 Å². The van der Waals surface area contributed by atoms with Crippen molar-refractivity contribution in [2.24, 2.45) is 0 Å². The van der Waals surface area contributed by atoms with Crippen molar-refractivity contribution >= 4 is 42.3 Å². The van der Waals surface area contributed by atoms with Crippen LogP contribution in [0.15, 0.2) is 0 Å². The van der Waals surface area contributed by atoms with Crippen LogP contribution in [0.1, 0.15) is 13.3 Å². The molecule has 0 aromatic carbocycles. The first kappa shape index (κ1) is 26.9. The van der Waals surface area contributed by atoms with E-state index in [-0.39, 0.29) is 0 Å². The van der Waals surface area contributed by atoms with Gasteiger partial charge in [-0.3, -0.25) is 0 Å². The van der Waals surface area contributed by atoms with Gasteiger partial charge in [-0.2, -0.15) is 0 Å². The lowest BCUT2D eigenvalue weighted by molar-refractivity contribution is 0.194. The van der Waals surface area contributed by atoms with Gasteiger partial charge in [0, 0.05) is 13.7 Å². The van der Waals surface area contributed by atoms with E-state index in [0.29, 0.717) is 0 Å². The van der Waals surface area contributed by atoms with E-state index in [1.165, 1.54) is 0 Å². The quantitative estimate of drug-likeness (QED) is 0.265. The van der Waals surface area contributed by atoms with Gasteiger partial charge in [0.15, 0.2) is 16.6 Å². The summed E-state index contributed by atoms with van der Waals surface area (Å²) in [6, 6.07) is 1.84. The van der Waals surface area contributed by atoms with Gasteiger partial charge in [-0.05, 0) is 84.0 Å². The molecular formula is C16H44O5Si5. The molecule has 2 atom stereocenters. The minimum atomic E-state index is -2.44. The van der Waals surface area contributed by atoms with Crippen LogP contribution in [0.2, 0.25) is 77.6 Å². The van der Waals surface area contributed by atoms with Crippen molar-refractivity contribution in [3.63, 3.8) is 0 Å².